The molecule has 3 aliphatic rings. The van der Waals surface area contributed by atoms with Crippen LogP contribution in [0.15, 0.2) is 0 Å². The average Bonchev–Trinajstić information content (AvgIpc) is 2.22. The van der Waals surface area contributed by atoms with E-state index in [0.29, 0.717) is 0 Å². The summed E-state index contributed by atoms with van der Waals surface area (Å²) in [5.41, 5.74) is 0. The van der Waals surface area contributed by atoms with Crippen molar-refractivity contribution in [3.05, 3.63) is 0 Å². The van der Waals surface area contributed by atoms with Crippen molar-refractivity contribution >= 4 is 0 Å². The topological polar surface area (TPSA) is 0 Å². The fourth-order valence-electron chi connectivity index (χ4n) is 4.33. The Hall–Kier alpha value is 0. The van der Waals surface area contributed by atoms with Gasteiger partial charge in [-0.3, -0.25) is 0 Å². The van der Waals surface area contributed by atoms with Crippen molar-refractivity contribution < 1.29 is 0 Å². The highest BCUT2D eigenvalue weighted by atomic mass is 14.7. The average molecular weight is 150 g/mol. The summed E-state index contributed by atoms with van der Waals surface area (Å²) in [6, 6.07) is 0. The third-order valence-electron chi connectivity index (χ3n) is 4.74. The largest absolute Gasteiger partial charge is 0.0625 e. The molecule has 0 heterocycles. The predicted octanol–water partition coefficient (Wildman–Crippen LogP) is 2.93. The first-order valence-electron chi connectivity index (χ1n) is 5.27. The maximum atomic E-state index is 2.46. The van der Waals surface area contributed by atoms with Gasteiger partial charge in [-0.05, 0) is 54.8 Å². The van der Waals surface area contributed by atoms with Crippen LogP contribution < -0.4 is 0 Å². The first-order chi connectivity index (χ1) is 5.27. The lowest BCUT2D eigenvalue weighted by Crippen LogP contribution is -2.55. The van der Waals surface area contributed by atoms with Crippen molar-refractivity contribution in [3.8, 4) is 0 Å². The number of hydrogen-bond donors (Lipinski definition) is 0. The zero-order valence-corrected chi connectivity index (χ0v) is 7.59. The highest BCUT2D eigenvalue weighted by molar-refractivity contribution is 5.09. The molecule has 0 aliphatic heterocycles. The third kappa shape index (κ3) is 0.625. The lowest BCUT2D eigenvalue weighted by atomic mass is 9.44. The molecule has 0 nitrogen and oxygen atoms in total. The summed E-state index contributed by atoms with van der Waals surface area (Å²) in [6.45, 7) is 4.91. The van der Waals surface area contributed by atoms with Crippen LogP contribution in [0.2, 0.25) is 0 Å². The van der Waals surface area contributed by atoms with Crippen LogP contribution >= 0.6 is 0 Å². The van der Waals surface area contributed by atoms with E-state index in [0.717, 1.165) is 11.8 Å². The second-order valence-electron chi connectivity index (χ2n) is 5.36. The fourth-order valence-corrected chi connectivity index (χ4v) is 4.33. The predicted molar refractivity (Wildman–Crippen MR) is 46.1 cm³/mol. The van der Waals surface area contributed by atoms with Gasteiger partial charge in [-0.15, -0.1) is 0 Å². The van der Waals surface area contributed by atoms with E-state index in [-0.39, 0.29) is 0 Å². The van der Waals surface area contributed by atoms with Crippen LogP contribution in [-0.2, 0) is 0 Å². The van der Waals surface area contributed by atoms with E-state index >= 15 is 0 Å². The molecule has 3 rings (SSSR count). The van der Waals surface area contributed by atoms with E-state index < -0.39 is 0 Å². The van der Waals surface area contributed by atoms with Crippen LogP contribution in [0.4, 0.5) is 0 Å². The molecule has 3 saturated carbocycles. The zero-order valence-electron chi connectivity index (χ0n) is 7.59. The first-order valence-corrected chi connectivity index (χ1v) is 5.27. The Bertz CT molecular complexity index is 178. The standard InChI is InChI=1S/C11H18/c1-6-3-8-9(4-6)11-7(2)5-10(8)11/h6-11H,3-5H2,1-2H3. The molecule has 3 fully saturated rings. The van der Waals surface area contributed by atoms with Gasteiger partial charge in [-0.25, -0.2) is 0 Å². The van der Waals surface area contributed by atoms with Gasteiger partial charge in [0.15, 0.2) is 0 Å². The van der Waals surface area contributed by atoms with Gasteiger partial charge in [0, 0.05) is 0 Å². The van der Waals surface area contributed by atoms with Crippen LogP contribution in [0.5, 0.6) is 0 Å². The Morgan fingerprint density at radius 1 is 0.818 bits per heavy atom. The van der Waals surface area contributed by atoms with E-state index in [1.807, 2.05) is 0 Å². The maximum Gasteiger partial charge on any atom is -0.0326 e. The van der Waals surface area contributed by atoms with Crippen molar-refractivity contribution in [2.75, 3.05) is 0 Å². The summed E-state index contributed by atoms with van der Waals surface area (Å²) in [4.78, 5) is 0. The number of hydrogen-bond acceptors (Lipinski definition) is 0. The molecule has 0 aromatic rings. The molecule has 0 saturated heterocycles. The van der Waals surface area contributed by atoms with Crippen LogP contribution in [-0.4, -0.2) is 0 Å². The molecule has 0 N–H and O–H groups in total. The molecule has 0 radical (unpaired) electrons. The Kier molecular flexibility index (Phi) is 1.09. The van der Waals surface area contributed by atoms with Crippen molar-refractivity contribution in [2.24, 2.45) is 35.5 Å². The zero-order chi connectivity index (χ0) is 7.59. The summed E-state index contributed by atoms with van der Waals surface area (Å²) >= 11 is 0. The molecule has 0 bridgehead atoms. The van der Waals surface area contributed by atoms with Crippen molar-refractivity contribution in [1.82, 2.24) is 0 Å². The SMILES string of the molecule is CC1CC2C(C1)C1C(C)CC21. The maximum absolute atomic E-state index is 2.46. The highest BCUT2D eigenvalue weighted by Gasteiger charge is 2.60. The van der Waals surface area contributed by atoms with Crippen molar-refractivity contribution in [1.29, 1.82) is 0 Å². The fraction of sp³-hybridized carbons (Fsp3) is 1.00. The molecule has 11 heavy (non-hydrogen) atoms. The monoisotopic (exact) mass is 150 g/mol. The Balaban J connectivity index is 1.78. The number of fused-ring (bicyclic) bond motifs is 4. The second kappa shape index (κ2) is 1.84. The molecule has 3 aliphatic carbocycles. The minimum Gasteiger partial charge on any atom is -0.0625 e. The molecule has 0 amide bonds. The summed E-state index contributed by atoms with van der Waals surface area (Å²) < 4.78 is 0. The van der Waals surface area contributed by atoms with Gasteiger partial charge in [0.1, 0.15) is 0 Å². The molecular weight excluding hydrogens is 132 g/mol. The molecule has 6 unspecified atom stereocenters. The first kappa shape index (κ1) is 6.51. The Labute approximate surface area is 69.4 Å². The molecule has 0 aromatic heterocycles. The van der Waals surface area contributed by atoms with Gasteiger partial charge in [0.25, 0.3) is 0 Å². The smallest absolute Gasteiger partial charge is 0.0326 e. The normalized spacial score (nSPS) is 66.0. The van der Waals surface area contributed by atoms with Gasteiger partial charge < -0.3 is 0 Å². The van der Waals surface area contributed by atoms with Crippen molar-refractivity contribution in [3.63, 3.8) is 0 Å². The van der Waals surface area contributed by atoms with Crippen molar-refractivity contribution in [2.45, 2.75) is 33.1 Å². The summed E-state index contributed by atoms with van der Waals surface area (Å²) in [6.07, 6.45) is 4.70. The van der Waals surface area contributed by atoms with E-state index in [9.17, 15) is 0 Å². The van der Waals surface area contributed by atoms with E-state index in [1.165, 1.54) is 23.7 Å². The van der Waals surface area contributed by atoms with E-state index in [1.54, 1.807) is 19.3 Å². The third-order valence-corrected chi connectivity index (χ3v) is 4.74. The van der Waals surface area contributed by atoms with Gasteiger partial charge >= 0.3 is 0 Å². The van der Waals surface area contributed by atoms with Gasteiger partial charge in [0.2, 0.25) is 0 Å². The minimum atomic E-state index is 1.06. The second-order valence-corrected chi connectivity index (χ2v) is 5.36. The minimum absolute atomic E-state index is 1.06. The number of rotatable bonds is 0. The van der Waals surface area contributed by atoms with Gasteiger partial charge in [-0.2, -0.15) is 0 Å². The molecule has 6 atom stereocenters. The van der Waals surface area contributed by atoms with E-state index in [2.05, 4.69) is 13.8 Å². The van der Waals surface area contributed by atoms with Crippen LogP contribution in [0.1, 0.15) is 33.1 Å². The quantitative estimate of drug-likeness (QED) is 0.498. The van der Waals surface area contributed by atoms with Gasteiger partial charge in [-0.1, -0.05) is 13.8 Å². The van der Waals surface area contributed by atoms with E-state index in [4.69, 9.17) is 0 Å². The molecule has 62 valence electrons. The lowest BCUT2D eigenvalue weighted by Gasteiger charge is -2.61. The molecule has 0 aromatic carbocycles. The highest BCUT2D eigenvalue weighted by Crippen LogP contribution is 2.67. The molecule has 0 spiro atoms. The lowest BCUT2D eigenvalue weighted by molar-refractivity contribution is -0.129. The Morgan fingerprint density at radius 2 is 1.45 bits per heavy atom. The van der Waals surface area contributed by atoms with Gasteiger partial charge in [0.05, 0.1) is 0 Å². The van der Waals surface area contributed by atoms with Crippen LogP contribution in [0.3, 0.4) is 0 Å². The molecular formula is C11H18. The Morgan fingerprint density at radius 3 is 2.18 bits per heavy atom. The summed E-state index contributed by atoms with van der Waals surface area (Å²) in [7, 11) is 0. The van der Waals surface area contributed by atoms with Crippen LogP contribution in [0, 0.1) is 35.5 Å². The molecule has 0 heteroatoms. The van der Waals surface area contributed by atoms with Crippen LogP contribution in [0.25, 0.3) is 0 Å². The summed E-state index contributed by atoms with van der Waals surface area (Å²) in [5, 5.41) is 0. The summed E-state index contributed by atoms with van der Waals surface area (Å²) in [5.74, 6) is 6.89.